The lowest BCUT2D eigenvalue weighted by Crippen LogP contribution is -2.64. The number of aliphatic hydroxyl groups excluding tert-OH is 5. The molecule has 0 aromatic rings. The summed E-state index contributed by atoms with van der Waals surface area (Å²) in [7, 11) is -5.02. The molecular formula is C42H75O12P. The number of unbranched alkanes of at least 4 members (excludes halogenated alkanes) is 14. The van der Waals surface area contributed by atoms with E-state index in [2.05, 4.69) is 62.5 Å². The van der Waals surface area contributed by atoms with Gasteiger partial charge >= 0.3 is 13.8 Å². The summed E-state index contributed by atoms with van der Waals surface area (Å²) in [6, 6.07) is 0. The first kappa shape index (κ1) is 51.3. The van der Waals surface area contributed by atoms with Crippen LogP contribution in [0.5, 0.6) is 0 Å². The van der Waals surface area contributed by atoms with Crippen LogP contribution in [0.4, 0.5) is 0 Å². The Morgan fingerprint density at radius 3 is 1.65 bits per heavy atom. The number of phosphoric ester groups is 1. The first-order chi connectivity index (χ1) is 26.5. The number of carbonyl (C=O) groups is 1. The van der Waals surface area contributed by atoms with E-state index >= 15 is 0 Å². The first-order valence-electron chi connectivity index (χ1n) is 21.0. The van der Waals surface area contributed by atoms with Crippen molar-refractivity contribution in [3.8, 4) is 0 Å². The topological polar surface area (TPSA) is 192 Å². The molecular weight excluding hydrogens is 727 g/mol. The third-order valence-electron chi connectivity index (χ3n) is 9.42. The molecule has 1 rings (SSSR count). The van der Waals surface area contributed by atoms with E-state index in [1.54, 1.807) is 0 Å². The Kier molecular flexibility index (Phi) is 31.1. The van der Waals surface area contributed by atoms with Crippen molar-refractivity contribution in [1.29, 1.82) is 0 Å². The van der Waals surface area contributed by atoms with Crippen molar-refractivity contribution in [2.75, 3.05) is 19.8 Å². The lowest BCUT2D eigenvalue weighted by molar-refractivity contribution is -0.220. The van der Waals surface area contributed by atoms with Gasteiger partial charge in [-0.1, -0.05) is 127 Å². The maximum absolute atomic E-state index is 12.8. The van der Waals surface area contributed by atoms with E-state index < -0.39 is 63.1 Å². The molecule has 6 atom stereocenters. The SMILES string of the molecule is CC/C=C\C/C=C\C/C=C\CCCCCCCCCC(=O)OC(COCCCCCCCC/C=C\CCC)COP(=O)(O)OC1C(O)C(O)C(O)C(O)C1O. The van der Waals surface area contributed by atoms with Gasteiger partial charge in [0, 0.05) is 13.0 Å². The highest BCUT2D eigenvalue weighted by Gasteiger charge is 2.51. The van der Waals surface area contributed by atoms with Crippen LogP contribution in [-0.2, 0) is 27.9 Å². The maximum Gasteiger partial charge on any atom is 0.472 e. The summed E-state index contributed by atoms with van der Waals surface area (Å²) in [5, 5.41) is 50.0. The third-order valence-corrected chi connectivity index (χ3v) is 10.4. The molecule has 0 radical (unpaired) electrons. The van der Waals surface area contributed by atoms with Gasteiger partial charge in [-0.05, 0) is 64.2 Å². The number of aliphatic hydroxyl groups is 5. The molecule has 0 amide bonds. The molecule has 0 spiro atoms. The number of phosphoric acid groups is 1. The molecule has 1 aliphatic carbocycles. The number of hydrogen-bond donors (Lipinski definition) is 6. The molecule has 13 heteroatoms. The van der Waals surface area contributed by atoms with Gasteiger partial charge in [-0.15, -0.1) is 0 Å². The molecule has 0 saturated heterocycles. The predicted octanol–water partition coefficient (Wildman–Crippen LogP) is 7.69. The maximum atomic E-state index is 12.8. The second-order valence-corrected chi connectivity index (χ2v) is 15.9. The lowest BCUT2D eigenvalue weighted by Gasteiger charge is -2.41. The Bertz CT molecular complexity index is 1100. The van der Waals surface area contributed by atoms with E-state index in [0.717, 1.165) is 96.3 Å². The monoisotopic (exact) mass is 802 g/mol. The van der Waals surface area contributed by atoms with E-state index in [1.807, 2.05) is 0 Å². The molecule has 0 aliphatic heterocycles. The number of carbonyl (C=O) groups excluding carboxylic acids is 1. The van der Waals surface area contributed by atoms with Crippen LogP contribution in [0, 0.1) is 0 Å². The van der Waals surface area contributed by atoms with Crippen LogP contribution < -0.4 is 0 Å². The Hall–Kier alpha value is -1.70. The minimum absolute atomic E-state index is 0.0866. The summed E-state index contributed by atoms with van der Waals surface area (Å²) in [5.41, 5.74) is 0. The highest BCUT2D eigenvalue weighted by Crippen LogP contribution is 2.47. The van der Waals surface area contributed by atoms with E-state index in [9.17, 15) is 39.8 Å². The van der Waals surface area contributed by atoms with Gasteiger partial charge in [0.1, 0.15) is 42.7 Å². The number of hydrogen-bond acceptors (Lipinski definition) is 11. The average Bonchev–Trinajstić information content (AvgIpc) is 3.17. The fourth-order valence-corrected chi connectivity index (χ4v) is 7.05. The zero-order valence-electron chi connectivity index (χ0n) is 33.7. The van der Waals surface area contributed by atoms with E-state index in [0.29, 0.717) is 13.0 Å². The molecule has 1 saturated carbocycles. The first-order valence-corrected chi connectivity index (χ1v) is 22.5. The smallest absolute Gasteiger partial charge is 0.457 e. The zero-order valence-corrected chi connectivity index (χ0v) is 34.6. The third kappa shape index (κ3) is 26.0. The summed E-state index contributed by atoms with van der Waals surface area (Å²) >= 11 is 0. The molecule has 1 fully saturated rings. The molecule has 320 valence electrons. The van der Waals surface area contributed by atoms with Crippen molar-refractivity contribution in [3.63, 3.8) is 0 Å². The summed E-state index contributed by atoms with van der Waals surface area (Å²) in [5.74, 6) is -0.493. The van der Waals surface area contributed by atoms with Gasteiger partial charge in [-0.25, -0.2) is 4.57 Å². The second-order valence-electron chi connectivity index (χ2n) is 14.5. The molecule has 12 nitrogen and oxygen atoms in total. The van der Waals surface area contributed by atoms with E-state index in [1.165, 1.54) is 25.7 Å². The molecule has 6 N–H and O–H groups in total. The van der Waals surface area contributed by atoms with Gasteiger partial charge < -0.3 is 39.9 Å². The number of ether oxygens (including phenoxy) is 2. The summed E-state index contributed by atoms with van der Waals surface area (Å²) in [6.07, 6.45) is 26.2. The van der Waals surface area contributed by atoms with E-state index in [-0.39, 0.29) is 13.0 Å². The summed E-state index contributed by atoms with van der Waals surface area (Å²) < 4.78 is 34.0. The van der Waals surface area contributed by atoms with Crippen molar-refractivity contribution in [1.82, 2.24) is 0 Å². The highest BCUT2D eigenvalue weighted by atomic mass is 31.2. The van der Waals surface area contributed by atoms with Crippen LogP contribution in [0.1, 0.15) is 149 Å². The van der Waals surface area contributed by atoms with Gasteiger partial charge in [0.15, 0.2) is 0 Å². The normalized spacial score (nSPS) is 23.7. The molecule has 0 bridgehead atoms. The molecule has 55 heavy (non-hydrogen) atoms. The van der Waals surface area contributed by atoms with Crippen molar-refractivity contribution < 1.29 is 58.3 Å². The minimum atomic E-state index is -5.02. The van der Waals surface area contributed by atoms with Crippen LogP contribution in [-0.4, -0.2) is 98.9 Å². The van der Waals surface area contributed by atoms with Gasteiger partial charge in [0.05, 0.1) is 13.2 Å². The fraction of sp³-hybridized carbons (Fsp3) is 0.786. The van der Waals surface area contributed by atoms with Gasteiger partial charge in [0.2, 0.25) is 0 Å². The van der Waals surface area contributed by atoms with Crippen molar-refractivity contribution >= 4 is 13.8 Å². The molecule has 1 aliphatic rings. The van der Waals surface area contributed by atoms with Crippen LogP contribution in [0.25, 0.3) is 0 Å². The number of esters is 1. The van der Waals surface area contributed by atoms with Crippen LogP contribution >= 0.6 is 7.82 Å². The van der Waals surface area contributed by atoms with Crippen molar-refractivity contribution in [2.24, 2.45) is 0 Å². The second kappa shape index (κ2) is 33.3. The number of rotatable bonds is 34. The van der Waals surface area contributed by atoms with Crippen LogP contribution in [0.2, 0.25) is 0 Å². The summed E-state index contributed by atoms with van der Waals surface area (Å²) in [4.78, 5) is 23.1. The Morgan fingerprint density at radius 2 is 1.07 bits per heavy atom. The summed E-state index contributed by atoms with van der Waals surface area (Å²) in [6.45, 7) is 4.04. The average molecular weight is 803 g/mol. The largest absolute Gasteiger partial charge is 0.472 e. The van der Waals surface area contributed by atoms with Crippen molar-refractivity contribution in [2.45, 2.75) is 191 Å². The van der Waals surface area contributed by atoms with E-state index in [4.69, 9.17) is 18.5 Å². The Balaban J connectivity index is 2.44. The van der Waals surface area contributed by atoms with Gasteiger partial charge in [-0.3, -0.25) is 13.8 Å². The van der Waals surface area contributed by atoms with Gasteiger partial charge in [-0.2, -0.15) is 0 Å². The van der Waals surface area contributed by atoms with Crippen LogP contribution in [0.15, 0.2) is 48.6 Å². The Labute approximate surface area is 331 Å². The minimum Gasteiger partial charge on any atom is -0.457 e. The Morgan fingerprint density at radius 1 is 0.600 bits per heavy atom. The lowest BCUT2D eigenvalue weighted by atomic mass is 9.85. The standard InChI is InChI=1S/C42H75O12P/c1-3-5-7-9-11-13-15-16-17-18-19-20-21-23-25-27-29-31-36(43)53-35(33-51-32-30-28-26-24-22-14-12-10-8-6-4-2)34-52-55(49,50)54-42-40(47)38(45)37(44)39(46)41(42)48/h5,7-8,10-11,13,16-17,35,37-42,44-48H,3-4,6,9,12,14-15,18-34H2,1-2H3,(H,49,50)/b7-5-,10-8-,13-11-,17-16-. The number of allylic oxidation sites excluding steroid dienone is 8. The zero-order chi connectivity index (χ0) is 40.6. The molecule has 0 heterocycles. The van der Waals surface area contributed by atoms with Crippen LogP contribution in [0.3, 0.4) is 0 Å². The van der Waals surface area contributed by atoms with Crippen molar-refractivity contribution in [3.05, 3.63) is 48.6 Å². The molecule has 0 aromatic carbocycles. The molecule has 0 aromatic heterocycles. The van der Waals surface area contributed by atoms with Gasteiger partial charge in [0.25, 0.3) is 0 Å². The predicted molar refractivity (Wildman–Crippen MR) is 216 cm³/mol. The molecule has 6 unspecified atom stereocenters. The highest BCUT2D eigenvalue weighted by molar-refractivity contribution is 7.47. The quantitative estimate of drug-likeness (QED) is 0.0161. The fourth-order valence-electron chi connectivity index (χ4n) is 6.08.